The molecule has 2 unspecified atom stereocenters. The summed E-state index contributed by atoms with van der Waals surface area (Å²) in [5.41, 5.74) is 0. The van der Waals surface area contributed by atoms with E-state index < -0.39 is 12.1 Å². The van der Waals surface area contributed by atoms with E-state index in [1.54, 1.807) is 6.08 Å². The van der Waals surface area contributed by atoms with Crippen LogP contribution in [0.3, 0.4) is 0 Å². The van der Waals surface area contributed by atoms with Crippen molar-refractivity contribution in [3.8, 4) is 0 Å². The van der Waals surface area contributed by atoms with Crippen molar-refractivity contribution >= 4 is 5.91 Å². The number of rotatable bonds is 32. The second kappa shape index (κ2) is 34.1. The normalized spacial score (nSPS) is 13.5. The van der Waals surface area contributed by atoms with Crippen LogP contribution in [0.5, 0.6) is 0 Å². The number of aliphatic hydroxyl groups is 2. The van der Waals surface area contributed by atoms with Crippen molar-refractivity contribution in [3.05, 3.63) is 36.5 Å². The van der Waals surface area contributed by atoms with Crippen molar-refractivity contribution in [1.82, 2.24) is 5.32 Å². The molecule has 0 aromatic carbocycles. The Morgan fingerprint density at radius 1 is 0.548 bits per heavy atom. The van der Waals surface area contributed by atoms with E-state index in [0.717, 1.165) is 25.7 Å². The topological polar surface area (TPSA) is 69.6 Å². The lowest BCUT2D eigenvalue weighted by atomic mass is 10.0. The van der Waals surface area contributed by atoms with Crippen LogP contribution in [0.25, 0.3) is 0 Å². The van der Waals surface area contributed by atoms with Gasteiger partial charge in [-0.2, -0.15) is 0 Å². The molecule has 1 amide bonds. The first-order chi connectivity index (χ1) is 20.6. The van der Waals surface area contributed by atoms with Gasteiger partial charge in [-0.05, 0) is 38.5 Å². The quantitative estimate of drug-likeness (QED) is 0.0540. The maximum atomic E-state index is 11.1. The van der Waals surface area contributed by atoms with Crippen LogP contribution in [0.1, 0.15) is 181 Å². The molecule has 42 heavy (non-hydrogen) atoms. The number of amides is 1. The van der Waals surface area contributed by atoms with Crippen molar-refractivity contribution in [2.24, 2.45) is 0 Å². The number of hydrogen-bond acceptors (Lipinski definition) is 3. The summed E-state index contributed by atoms with van der Waals surface area (Å²) in [7, 11) is 0. The number of allylic oxidation sites excluding steroid dienone is 5. The number of hydrogen-bond donors (Lipinski definition) is 3. The van der Waals surface area contributed by atoms with Gasteiger partial charge in [0.05, 0.1) is 18.8 Å². The van der Waals surface area contributed by atoms with Crippen LogP contribution in [0.2, 0.25) is 0 Å². The average molecular weight is 590 g/mol. The lowest BCUT2D eigenvalue weighted by molar-refractivity contribution is -0.120. The maximum Gasteiger partial charge on any atom is 0.217 e. The lowest BCUT2D eigenvalue weighted by Gasteiger charge is -2.18. The molecular weight excluding hydrogens is 518 g/mol. The molecule has 0 heterocycles. The van der Waals surface area contributed by atoms with Crippen LogP contribution < -0.4 is 5.32 Å². The molecule has 0 aliphatic carbocycles. The second-order valence-electron chi connectivity index (χ2n) is 12.4. The van der Waals surface area contributed by atoms with E-state index in [0.29, 0.717) is 0 Å². The van der Waals surface area contributed by atoms with Gasteiger partial charge in [0, 0.05) is 6.92 Å². The summed E-state index contributed by atoms with van der Waals surface area (Å²) in [6, 6.07) is -0.644. The minimum absolute atomic E-state index is 0.255. The van der Waals surface area contributed by atoms with Crippen LogP contribution >= 0.6 is 0 Å². The predicted molar refractivity (Wildman–Crippen MR) is 184 cm³/mol. The lowest BCUT2D eigenvalue weighted by Crippen LogP contribution is -2.44. The molecule has 0 bridgehead atoms. The van der Waals surface area contributed by atoms with E-state index >= 15 is 0 Å². The van der Waals surface area contributed by atoms with Gasteiger partial charge >= 0.3 is 0 Å². The molecule has 0 aliphatic heterocycles. The largest absolute Gasteiger partial charge is 0.394 e. The van der Waals surface area contributed by atoms with Gasteiger partial charge in [0.1, 0.15) is 0 Å². The van der Waals surface area contributed by atoms with Crippen molar-refractivity contribution in [3.63, 3.8) is 0 Å². The zero-order chi connectivity index (χ0) is 30.8. The van der Waals surface area contributed by atoms with Gasteiger partial charge < -0.3 is 15.5 Å². The molecule has 0 spiro atoms. The van der Waals surface area contributed by atoms with Gasteiger partial charge in [0.25, 0.3) is 0 Å². The molecule has 4 heteroatoms. The minimum Gasteiger partial charge on any atom is -0.394 e. The third-order valence-corrected chi connectivity index (χ3v) is 8.14. The Bertz CT molecular complexity index is 642. The highest BCUT2D eigenvalue weighted by molar-refractivity contribution is 5.73. The molecule has 0 rings (SSSR count). The van der Waals surface area contributed by atoms with E-state index in [9.17, 15) is 15.0 Å². The molecule has 3 N–H and O–H groups in total. The fourth-order valence-electron chi connectivity index (χ4n) is 5.42. The van der Waals surface area contributed by atoms with E-state index in [1.807, 2.05) is 6.08 Å². The molecule has 0 saturated heterocycles. The zero-order valence-corrected chi connectivity index (χ0v) is 28.0. The molecule has 0 aromatic rings. The monoisotopic (exact) mass is 590 g/mol. The summed E-state index contributed by atoms with van der Waals surface area (Å²) in [6.07, 6.45) is 47.0. The van der Waals surface area contributed by atoms with Crippen molar-refractivity contribution in [1.29, 1.82) is 0 Å². The van der Waals surface area contributed by atoms with Gasteiger partial charge in [-0.25, -0.2) is 0 Å². The Morgan fingerprint density at radius 2 is 0.881 bits per heavy atom. The van der Waals surface area contributed by atoms with Gasteiger partial charge in [0.15, 0.2) is 0 Å². The van der Waals surface area contributed by atoms with Gasteiger partial charge in [0.2, 0.25) is 5.91 Å². The Morgan fingerprint density at radius 3 is 1.24 bits per heavy atom. The predicted octanol–water partition coefficient (Wildman–Crippen LogP) is 10.7. The van der Waals surface area contributed by atoms with Crippen molar-refractivity contribution in [2.45, 2.75) is 193 Å². The summed E-state index contributed by atoms with van der Waals surface area (Å²) in [5, 5.41) is 21.8. The van der Waals surface area contributed by atoms with Crippen LogP contribution in [0.4, 0.5) is 0 Å². The number of aliphatic hydroxyl groups excluding tert-OH is 2. The van der Waals surface area contributed by atoms with E-state index in [1.165, 1.54) is 148 Å². The summed E-state index contributed by atoms with van der Waals surface area (Å²) in [5.74, 6) is -0.255. The summed E-state index contributed by atoms with van der Waals surface area (Å²) in [6.45, 7) is 3.39. The first-order valence-corrected chi connectivity index (χ1v) is 18.1. The van der Waals surface area contributed by atoms with E-state index in [2.05, 4.69) is 36.5 Å². The summed E-state index contributed by atoms with van der Waals surface area (Å²) >= 11 is 0. The highest BCUT2D eigenvalue weighted by Crippen LogP contribution is 2.15. The Balaban J connectivity index is 3.32. The molecule has 0 aromatic heterocycles. The van der Waals surface area contributed by atoms with Crippen LogP contribution in [0.15, 0.2) is 36.5 Å². The molecule has 2 atom stereocenters. The summed E-state index contributed by atoms with van der Waals surface area (Å²) in [4.78, 5) is 11.1. The van der Waals surface area contributed by atoms with Gasteiger partial charge in [-0.3, -0.25) is 4.79 Å². The molecular formula is C38H71NO3. The number of unbranched alkanes of at least 4 members (excludes halogenated alkanes) is 23. The van der Waals surface area contributed by atoms with Crippen molar-refractivity contribution < 1.29 is 15.0 Å². The fourth-order valence-corrected chi connectivity index (χ4v) is 5.42. The maximum absolute atomic E-state index is 11.1. The molecule has 0 radical (unpaired) electrons. The fraction of sp³-hybridized carbons (Fsp3) is 0.816. The zero-order valence-electron chi connectivity index (χ0n) is 28.0. The first-order valence-electron chi connectivity index (χ1n) is 18.1. The average Bonchev–Trinajstić information content (AvgIpc) is 2.98. The second-order valence-corrected chi connectivity index (χ2v) is 12.4. The molecule has 0 aliphatic rings. The Labute approximate surface area is 261 Å². The Kier molecular flexibility index (Phi) is 33.0. The smallest absolute Gasteiger partial charge is 0.217 e. The highest BCUT2D eigenvalue weighted by atomic mass is 16.3. The standard InChI is InChI=1S/C38H71NO3/c1-3-4-5-6-7-8-9-10-11-12-13-14-15-16-17-18-19-20-21-22-23-24-25-26-27-28-29-30-31-32-33-34-38(42)37(35-40)39-36(2)41/h25-26,29-30,33-34,37-38,40,42H,3-24,27-28,31-32,35H2,1-2H3,(H,39,41)/b26-25+,30-29+,34-33+. The highest BCUT2D eigenvalue weighted by Gasteiger charge is 2.15. The number of nitrogens with one attached hydrogen (secondary N) is 1. The van der Waals surface area contributed by atoms with E-state index in [-0.39, 0.29) is 12.5 Å². The summed E-state index contributed by atoms with van der Waals surface area (Å²) < 4.78 is 0. The van der Waals surface area contributed by atoms with Gasteiger partial charge in [-0.1, -0.05) is 172 Å². The van der Waals surface area contributed by atoms with Crippen molar-refractivity contribution in [2.75, 3.05) is 6.61 Å². The SMILES string of the molecule is CCCCCCCCCCCCCCCCCCCCCCC/C=C/CC/C=C/CC/C=C/C(O)C(CO)NC(C)=O. The van der Waals surface area contributed by atoms with Crippen LogP contribution in [-0.4, -0.2) is 34.9 Å². The third-order valence-electron chi connectivity index (χ3n) is 8.14. The minimum atomic E-state index is -0.864. The molecule has 0 saturated carbocycles. The van der Waals surface area contributed by atoms with Crippen LogP contribution in [-0.2, 0) is 4.79 Å². The van der Waals surface area contributed by atoms with Crippen LogP contribution in [0, 0.1) is 0 Å². The molecule has 0 fully saturated rings. The van der Waals surface area contributed by atoms with Gasteiger partial charge in [-0.15, -0.1) is 0 Å². The molecule has 4 nitrogen and oxygen atoms in total. The number of carbonyl (C=O) groups is 1. The third kappa shape index (κ3) is 31.5. The number of carbonyl (C=O) groups excluding carboxylic acids is 1. The first kappa shape index (κ1) is 40.6. The Hall–Kier alpha value is -1.39. The molecule has 246 valence electrons. The van der Waals surface area contributed by atoms with E-state index in [4.69, 9.17) is 0 Å².